The van der Waals surface area contributed by atoms with Crippen LogP contribution in [0.3, 0.4) is 0 Å². The van der Waals surface area contributed by atoms with Crippen molar-refractivity contribution in [2.24, 2.45) is 22.9 Å². The molecule has 1 N–H and O–H groups in total. The fourth-order valence-corrected chi connectivity index (χ4v) is 5.75. The highest BCUT2D eigenvalue weighted by atomic mass is 79.9. The maximum atomic E-state index is 12.3. The number of hydrogen-bond donors (Lipinski definition) is 1. The van der Waals surface area contributed by atoms with E-state index in [1.54, 1.807) is 6.21 Å². The summed E-state index contributed by atoms with van der Waals surface area (Å²) in [4.78, 5) is 17.5. The molecule has 0 heterocycles. The Labute approximate surface area is 151 Å². The molecule has 4 saturated carbocycles. The highest BCUT2D eigenvalue weighted by Crippen LogP contribution is 2.55. The minimum atomic E-state index is -0.0405. The Morgan fingerprint density at radius 1 is 1.21 bits per heavy atom. The molecule has 0 atom stereocenters. The van der Waals surface area contributed by atoms with Crippen molar-refractivity contribution in [2.45, 2.75) is 44.1 Å². The van der Waals surface area contributed by atoms with Crippen molar-refractivity contribution >= 4 is 28.1 Å². The van der Waals surface area contributed by atoms with E-state index in [1.165, 1.54) is 19.3 Å². The predicted octanol–water partition coefficient (Wildman–Crippen LogP) is 3.88. The number of halogens is 1. The SMILES string of the molecule is O=C(CO/N=C\c1ccccc1Br)NC12CC3CC(CC(C3)C1)C2. The van der Waals surface area contributed by atoms with Gasteiger partial charge >= 0.3 is 0 Å². The Balaban J connectivity index is 1.29. The molecule has 1 aromatic carbocycles. The van der Waals surface area contributed by atoms with Crippen LogP contribution in [-0.2, 0) is 9.63 Å². The van der Waals surface area contributed by atoms with Gasteiger partial charge in [0, 0.05) is 15.6 Å². The molecule has 4 aliphatic carbocycles. The van der Waals surface area contributed by atoms with Gasteiger partial charge in [0.15, 0.2) is 6.61 Å². The number of carbonyl (C=O) groups is 1. The molecular formula is C19H23BrN2O2. The van der Waals surface area contributed by atoms with Gasteiger partial charge in [-0.15, -0.1) is 0 Å². The first-order chi connectivity index (χ1) is 11.6. The molecule has 0 saturated heterocycles. The van der Waals surface area contributed by atoms with Crippen molar-refractivity contribution in [3.8, 4) is 0 Å². The third-order valence-electron chi connectivity index (χ3n) is 5.81. The zero-order chi connectivity index (χ0) is 16.6. The van der Waals surface area contributed by atoms with Gasteiger partial charge in [0.25, 0.3) is 5.91 Å². The van der Waals surface area contributed by atoms with Gasteiger partial charge in [0.1, 0.15) is 0 Å². The number of nitrogens with one attached hydrogen (secondary N) is 1. The third kappa shape index (κ3) is 3.37. The Bertz CT molecular complexity index is 623. The molecule has 0 aromatic heterocycles. The number of oxime groups is 1. The monoisotopic (exact) mass is 390 g/mol. The summed E-state index contributed by atoms with van der Waals surface area (Å²) in [6, 6.07) is 7.76. The summed E-state index contributed by atoms with van der Waals surface area (Å²) in [5.74, 6) is 2.43. The molecule has 4 nitrogen and oxygen atoms in total. The maximum absolute atomic E-state index is 12.3. The lowest BCUT2D eigenvalue weighted by Crippen LogP contribution is -2.60. The largest absolute Gasteiger partial charge is 0.386 e. The van der Waals surface area contributed by atoms with Crippen LogP contribution in [0.5, 0.6) is 0 Å². The van der Waals surface area contributed by atoms with E-state index >= 15 is 0 Å². The first-order valence-electron chi connectivity index (χ1n) is 8.83. The summed E-state index contributed by atoms with van der Waals surface area (Å²) in [5.41, 5.74) is 0.973. The van der Waals surface area contributed by atoms with E-state index in [9.17, 15) is 4.79 Å². The smallest absolute Gasteiger partial charge is 0.261 e. The van der Waals surface area contributed by atoms with Crippen LogP contribution in [0.1, 0.15) is 44.1 Å². The standard InChI is InChI=1S/C19H23BrN2O2/c20-17-4-2-1-3-16(17)11-21-24-12-18(23)22-19-8-13-5-14(9-19)7-15(6-13)10-19/h1-4,11,13-15H,5-10,12H2,(H,22,23)/b21-11-. The highest BCUT2D eigenvalue weighted by molar-refractivity contribution is 9.10. The molecule has 4 aliphatic rings. The van der Waals surface area contributed by atoms with E-state index < -0.39 is 0 Å². The van der Waals surface area contributed by atoms with Crippen molar-refractivity contribution in [2.75, 3.05) is 6.61 Å². The minimum absolute atomic E-state index is 0.0112. The second kappa shape index (κ2) is 6.51. The lowest BCUT2D eigenvalue weighted by molar-refractivity contribution is -0.131. The van der Waals surface area contributed by atoms with Crippen LogP contribution < -0.4 is 5.32 Å². The van der Waals surface area contributed by atoms with Gasteiger partial charge in [-0.2, -0.15) is 0 Å². The van der Waals surface area contributed by atoms with E-state index in [0.717, 1.165) is 47.1 Å². The molecule has 1 aromatic rings. The van der Waals surface area contributed by atoms with E-state index in [4.69, 9.17) is 4.84 Å². The van der Waals surface area contributed by atoms with Gasteiger partial charge in [-0.1, -0.05) is 39.3 Å². The molecule has 5 heteroatoms. The fraction of sp³-hybridized carbons (Fsp3) is 0.579. The molecule has 5 rings (SSSR count). The number of benzene rings is 1. The lowest BCUT2D eigenvalue weighted by atomic mass is 9.53. The molecule has 4 bridgehead atoms. The fourth-order valence-electron chi connectivity index (χ4n) is 5.37. The zero-order valence-corrected chi connectivity index (χ0v) is 15.3. The quantitative estimate of drug-likeness (QED) is 0.612. The summed E-state index contributed by atoms with van der Waals surface area (Å²) < 4.78 is 0.954. The van der Waals surface area contributed by atoms with E-state index in [0.29, 0.717) is 0 Å². The van der Waals surface area contributed by atoms with Crippen molar-refractivity contribution in [1.82, 2.24) is 5.32 Å². The average molecular weight is 391 g/mol. The lowest BCUT2D eigenvalue weighted by Gasteiger charge is -2.56. The molecule has 0 spiro atoms. The van der Waals surface area contributed by atoms with Crippen molar-refractivity contribution in [3.05, 3.63) is 34.3 Å². The van der Waals surface area contributed by atoms with Crippen molar-refractivity contribution in [1.29, 1.82) is 0 Å². The molecule has 0 radical (unpaired) electrons. The van der Waals surface area contributed by atoms with Crippen LogP contribution in [-0.4, -0.2) is 24.3 Å². The third-order valence-corrected chi connectivity index (χ3v) is 6.53. The molecule has 24 heavy (non-hydrogen) atoms. The summed E-state index contributed by atoms with van der Waals surface area (Å²) in [7, 11) is 0. The molecule has 0 unspecified atom stereocenters. The summed E-state index contributed by atoms with van der Waals surface area (Å²) >= 11 is 3.46. The van der Waals surface area contributed by atoms with Gasteiger partial charge in [0.05, 0.1) is 6.21 Å². The van der Waals surface area contributed by atoms with Gasteiger partial charge in [-0.3, -0.25) is 4.79 Å². The molecule has 4 fully saturated rings. The summed E-state index contributed by atoms with van der Waals surface area (Å²) in [5, 5.41) is 7.21. The van der Waals surface area contributed by atoms with Gasteiger partial charge < -0.3 is 10.2 Å². The van der Waals surface area contributed by atoms with Gasteiger partial charge in [-0.25, -0.2) is 0 Å². The van der Waals surface area contributed by atoms with Crippen LogP contribution in [0.2, 0.25) is 0 Å². The Morgan fingerprint density at radius 2 is 1.83 bits per heavy atom. The van der Waals surface area contributed by atoms with E-state index in [-0.39, 0.29) is 18.1 Å². The molecule has 128 valence electrons. The van der Waals surface area contributed by atoms with Crippen LogP contribution >= 0.6 is 15.9 Å². The first-order valence-corrected chi connectivity index (χ1v) is 9.62. The van der Waals surface area contributed by atoms with Crippen LogP contribution in [0.15, 0.2) is 33.9 Å². The molecule has 0 aliphatic heterocycles. The van der Waals surface area contributed by atoms with Crippen molar-refractivity contribution < 1.29 is 9.63 Å². The number of hydrogen-bond acceptors (Lipinski definition) is 3. The number of amides is 1. The van der Waals surface area contributed by atoms with Crippen LogP contribution in [0.25, 0.3) is 0 Å². The number of nitrogens with zero attached hydrogens (tertiary/aromatic N) is 1. The van der Waals surface area contributed by atoms with Gasteiger partial charge in [-0.05, 0) is 62.3 Å². The topological polar surface area (TPSA) is 50.7 Å². The zero-order valence-electron chi connectivity index (χ0n) is 13.7. The summed E-state index contributed by atoms with van der Waals surface area (Å²) in [6.45, 7) is -0.0112. The van der Waals surface area contributed by atoms with Gasteiger partial charge in [0.2, 0.25) is 0 Å². The Hall–Kier alpha value is -1.36. The van der Waals surface area contributed by atoms with Crippen LogP contribution in [0.4, 0.5) is 0 Å². The Kier molecular flexibility index (Phi) is 4.37. The van der Waals surface area contributed by atoms with E-state index in [1.807, 2.05) is 24.3 Å². The second-order valence-corrected chi connectivity index (χ2v) is 8.63. The minimum Gasteiger partial charge on any atom is -0.386 e. The first kappa shape index (κ1) is 16.1. The number of carbonyl (C=O) groups excluding carboxylic acids is 1. The number of rotatable bonds is 5. The normalized spacial score (nSPS) is 33.8. The predicted molar refractivity (Wildman–Crippen MR) is 96.7 cm³/mol. The molecular weight excluding hydrogens is 368 g/mol. The van der Waals surface area contributed by atoms with Crippen LogP contribution in [0, 0.1) is 17.8 Å². The van der Waals surface area contributed by atoms with Crippen molar-refractivity contribution in [3.63, 3.8) is 0 Å². The average Bonchev–Trinajstić information content (AvgIpc) is 2.51. The van der Waals surface area contributed by atoms with E-state index in [2.05, 4.69) is 26.4 Å². The summed E-state index contributed by atoms with van der Waals surface area (Å²) in [6.07, 6.45) is 9.23. The Morgan fingerprint density at radius 3 is 2.46 bits per heavy atom. The molecule has 1 amide bonds. The highest BCUT2D eigenvalue weighted by Gasteiger charge is 2.51. The second-order valence-electron chi connectivity index (χ2n) is 7.78. The maximum Gasteiger partial charge on any atom is 0.261 e.